The van der Waals surface area contributed by atoms with E-state index in [4.69, 9.17) is 21.1 Å². The van der Waals surface area contributed by atoms with Gasteiger partial charge in [-0.2, -0.15) is 9.57 Å². The summed E-state index contributed by atoms with van der Waals surface area (Å²) in [4.78, 5) is 14.3. The van der Waals surface area contributed by atoms with Crippen molar-refractivity contribution in [2.75, 3.05) is 40.4 Å². The van der Waals surface area contributed by atoms with Crippen molar-refractivity contribution in [1.29, 1.82) is 5.26 Å². The number of hydrogen-bond donors (Lipinski definition) is 0. The van der Waals surface area contributed by atoms with Gasteiger partial charge in [0.25, 0.3) is 5.91 Å². The summed E-state index contributed by atoms with van der Waals surface area (Å²) < 4.78 is 37.7. The van der Waals surface area contributed by atoms with Crippen LogP contribution in [0.25, 0.3) is 0 Å². The molecule has 1 aliphatic heterocycles. The van der Waals surface area contributed by atoms with E-state index in [1.807, 2.05) is 6.07 Å². The molecule has 30 heavy (non-hydrogen) atoms. The topological polar surface area (TPSA) is 99.9 Å². The molecule has 2 aromatic rings. The van der Waals surface area contributed by atoms with Gasteiger partial charge in [0.15, 0.2) is 11.5 Å². The lowest BCUT2D eigenvalue weighted by atomic mass is 10.1. The first-order valence-corrected chi connectivity index (χ1v) is 10.8. The minimum atomic E-state index is -3.91. The molecule has 0 atom stereocenters. The average Bonchev–Trinajstić information content (AvgIpc) is 2.78. The molecule has 3 rings (SSSR count). The minimum absolute atomic E-state index is 0.0308. The van der Waals surface area contributed by atoms with Crippen LogP contribution >= 0.6 is 11.6 Å². The zero-order chi connectivity index (χ0) is 21.9. The number of carbonyl (C=O) groups excluding carboxylic acids is 1. The number of nitrogens with zero attached hydrogens (tertiary/aromatic N) is 3. The largest absolute Gasteiger partial charge is 0.493 e. The molecule has 1 heterocycles. The third-order valence-electron chi connectivity index (χ3n) is 4.84. The van der Waals surface area contributed by atoms with Crippen molar-refractivity contribution in [3.8, 4) is 17.6 Å². The maximum atomic E-state index is 13.0. The SMILES string of the molecule is COc1ccc(C(=O)N2CCN(S(=O)(=O)c3cc(Cl)ccc3C#N)CC2)cc1OC. The lowest BCUT2D eigenvalue weighted by Gasteiger charge is -2.34. The highest BCUT2D eigenvalue weighted by Gasteiger charge is 2.32. The van der Waals surface area contributed by atoms with Crippen molar-refractivity contribution in [2.45, 2.75) is 4.90 Å². The highest BCUT2D eigenvalue weighted by atomic mass is 35.5. The van der Waals surface area contributed by atoms with Crippen LogP contribution in [0, 0.1) is 11.3 Å². The predicted octanol–water partition coefficient (Wildman–Crippen LogP) is 2.38. The van der Waals surface area contributed by atoms with Crippen LogP contribution in [-0.4, -0.2) is 63.9 Å². The van der Waals surface area contributed by atoms with Gasteiger partial charge in [-0.25, -0.2) is 8.42 Å². The van der Waals surface area contributed by atoms with Crippen LogP contribution < -0.4 is 9.47 Å². The van der Waals surface area contributed by atoms with Gasteiger partial charge in [0.05, 0.1) is 19.8 Å². The number of ether oxygens (including phenoxy) is 2. The number of halogens is 1. The Labute approximate surface area is 180 Å². The summed E-state index contributed by atoms with van der Waals surface area (Å²) in [6.45, 7) is 0.654. The van der Waals surface area contributed by atoms with E-state index in [-0.39, 0.29) is 47.6 Å². The van der Waals surface area contributed by atoms with Crippen molar-refractivity contribution < 1.29 is 22.7 Å². The van der Waals surface area contributed by atoms with Gasteiger partial charge in [0, 0.05) is 36.8 Å². The maximum absolute atomic E-state index is 13.0. The van der Waals surface area contributed by atoms with E-state index in [1.165, 1.54) is 36.7 Å². The molecule has 0 unspecified atom stereocenters. The normalized spacial score (nSPS) is 14.8. The van der Waals surface area contributed by atoms with Crippen LogP contribution in [0.5, 0.6) is 11.5 Å². The molecule has 0 N–H and O–H groups in total. The molecule has 2 aromatic carbocycles. The average molecular weight is 450 g/mol. The molecule has 1 aliphatic rings. The number of benzene rings is 2. The van der Waals surface area contributed by atoms with Gasteiger partial charge < -0.3 is 14.4 Å². The highest BCUT2D eigenvalue weighted by molar-refractivity contribution is 7.89. The van der Waals surface area contributed by atoms with Crippen molar-refractivity contribution in [3.63, 3.8) is 0 Å². The van der Waals surface area contributed by atoms with Gasteiger partial charge in [-0.3, -0.25) is 4.79 Å². The van der Waals surface area contributed by atoms with E-state index < -0.39 is 10.0 Å². The summed E-state index contributed by atoms with van der Waals surface area (Å²) in [6, 6.07) is 10.9. The third kappa shape index (κ3) is 4.21. The Bertz CT molecular complexity index is 1110. The second-order valence-electron chi connectivity index (χ2n) is 6.52. The molecule has 0 bridgehead atoms. The quantitative estimate of drug-likeness (QED) is 0.694. The second-order valence-corrected chi connectivity index (χ2v) is 8.86. The monoisotopic (exact) mass is 449 g/mol. The molecule has 0 radical (unpaired) electrons. The Morgan fingerprint density at radius 3 is 2.30 bits per heavy atom. The lowest BCUT2D eigenvalue weighted by Crippen LogP contribution is -2.50. The minimum Gasteiger partial charge on any atom is -0.493 e. The Kier molecular flexibility index (Phi) is 6.51. The zero-order valence-electron chi connectivity index (χ0n) is 16.5. The smallest absolute Gasteiger partial charge is 0.254 e. The van der Waals surface area contributed by atoms with Gasteiger partial charge in [0.1, 0.15) is 11.0 Å². The first-order valence-electron chi connectivity index (χ1n) is 9.03. The van der Waals surface area contributed by atoms with Crippen LogP contribution in [0.15, 0.2) is 41.3 Å². The Morgan fingerprint density at radius 1 is 1.03 bits per heavy atom. The fraction of sp³-hybridized carbons (Fsp3) is 0.300. The Hall–Kier alpha value is -2.80. The van der Waals surface area contributed by atoms with Gasteiger partial charge in [-0.05, 0) is 36.4 Å². The molecule has 10 heteroatoms. The summed E-state index contributed by atoms with van der Waals surface area (Å²) in [6.07, 6.45) is 0. The lowest BCUT2D eigenvalue weighted by molar-refractivity contribution is 0.0697. The number of carbonyl (C=O) groups is 1. The van der Waals surface area contributed by atoms with Crippen molar-refractivity contribution in [2.24, 2.45) is 0 Å². The standard InChI is InChI=1S/C20H20ClN3O5S/c1-28-17-6-4-14(11-18(17)29-2)20(25)23-7-9-24(10-8-23)30(26,27)19-12-16(21)5-3-15(19)13-22/h3-6,11-12H,7-10H2,1-2H3. The fourth-order valence-corrected chi connectivity index (χ4v) is 5.05. The number of rotatable bonds is 5. The molecule has 1 fully saturated rings. The number of amides is 1. The summed E-state index contributed by atoms with van der Waals surface area (Å²) in [5, 5.41) is 9.48. The van der Waals surface area contributed by atoms with E-state index in [0.29, 0.717) is 17.1 Å². The highest BCUT2D eigenvalue weighted by Crippen LogP contribution is 2.29. The molecule has 1 saturated heterocycles. The van der Waals surface area contributed by atoms with Crippen LogP contribution in [0.1, 0.15) is 15.9 Å². The molecule has 0 saturated carbocycles. The molecule has 8 nitrogen and oxygen atoms in total. The molecule has 158 valence electrons. The number of hydrogen-bond acceptors (Lipinski definition) is 6. The molecule has 1 amide bonds. The van der Waals surface area contributed by atoms with Gasteiger partial charge in [0.2, 0.25) is 10.0 Å². The summed E-state index contributed by atoms with van der Waals surface area (Å²) >= 11 is 5.93. The Morgan fingerprint density at radius 2 is 1.70 bits per heavy atom. The molecule has 0 aliphatic carbocycles. The van der Waals surface area contributed by atoms with E-state index in [1.54, 1.807) is 23.1 Å². The van der Waals surface area contributed by atoms with Crippen molar-refractivity contribution in [1.82, 2.24) is 9.21 Å². The summed E-state index contributed by atoms with van der Waals surface area (Å²) in [5.41, 5.74) is 0.453. The van der Waals surface area contributed by atoms with Gasteiger partial charge in [-0.1, -0.05) is 11.6 Å². The number of piperazine rings is 1. The second kappa shape index (κ2) is 8.92. The number of methoxy groups -OCH3 is 2. The van der Waals surface area contributed by atoms with Crippen LogP contribution in [0.4, 0.5) is 0 Å². The maximum Gasteiger partial charge on any atom is 0.254 e. The zero-order valence-corrected chi connectivity index (χ0v) is 18.0. The third-order valence-corrected chi connectivity index (χ3v) is 7.01. The van der Waals surface area contributed by atoms with E-state index in [2.05, 4.69) is 0 Å². The summed E-state index contributed by atoms with van der Waals surface area (Å²) in [5.74, 6) is 0.725. The summed E-state index contributed by atoms with van der Waals surface area (Å²) in [7, 11) is -0.911. The first-order chi connectivity index (χ1) is 14.3. The van der Waals surface area contributed by atoms with Crippen LogP contribution in [-0.2, 0) is 10.0 Å². The van der Waals surface area contributed by atoms with Crippen molar-refractivity contribution in [3.05, 3.63) is 52.5 Å². The van der Waals surface area contributed by atoms with E-state index in [9.17, 15) is 18.5 Å². The van der Waals surface area contributed by atoms with Gasteiger partial charge >= 0.3 is 0 Å². The molecular formula is C20H20ClN3O5S. The molecule has 0 spiro atoms. The van der Waals surface area contributed by atoms with E-state index >= 15 is 0 Å². The number of sulfonamides is 1. The predicted molar refractivity (Wildman–Crippen MR) is 110 cm³/mol. The van der Waals surface area contributed by atoms with Crippen LogP contribution in [0.2, 0.25) is 5.02 Å². The molecular weight excluding hydrogens is 430 g/mol. The van der Waals surface area contributed by atoms with E-state index in [0.717, 1.165) is 0 Å². The Balaban J connectivity index is 1.75. The molecule has 0 aromatic heterocycles. The first kappa shape index (κ1) is 21.9. The van der Waals surface area contributed by atoms with Gasteiger partial charge in [-0.15, -0.1) is 0 Å². The van der Waals surface area contributed by atoms with Crippen molar-refractivity contribution >= 4 is 27.5 Å². The number of nitriles is 1. The fourth-order valence-electron chi connectivity index (χ4n) is 3.22. The van der Waals surface area contributed by atoms with Crippen LogP contribution in [0.3, 0.4) is 0 Å².